The van der Waals surface area contributed by atoms with Crippen molar-refractivity contribution in [2.75, 3.05) is 13.1 Å². The second kappa shape index (κ2) is 12.3. The number of nitriles is 1. The Hall–Kier alpha value is -3.65. The summed E-state index contributed by atoms with van der Waals surface area (Å²) < 4.78 is 47.7. The van der Waals surface area contributed by atoms with Gasteiger partial charge in [-0.2, -0.15) is 5.26 Å². The zero-order valence-corrected chi connectivity index (χ0v) is 26.5. The average molecular weight is 671 g/mol. The van der Waals surface area contributed by atoms with Gasteiger partial charge in [-0.3, -0.25) is 9.59 Å². The average Bonchev–Trinajstić information content (AvgIpc) is 3.61. The lowest BCUT2D eigenvalue weighted by molar-refractivity contribution is -0.142. The predicted molar refractivity (Wildman–Crippen MR) is 166 cm³/mol. The van der Waals surface area contributed by atoms with E-state index < -0.39 is 32.5 Å². The number of likely N-dealkylation sites (tertiary alicyclic amines) is 2. The van der Waals surface area contributed by atoms with E-state index in [2.05, 4.69) is 0 Å². The van der Waals surface area contributed by atoms with Crippen LogP contribution in [0.4, 0.5) is 4.39 Å². The Labute approximate surface area is 271 Å². The smallest absolute Gasteiger partial charge is 0.245 e. The first-order valence-corrected chi connectivity index (χ1v) is 17.0. The molecule has 0 radical (unpaired) electrons. The van der Waals surface area contributed by atoms with Gasteiger partial charge in [0.05, 0.1) is 23.4 Å². The Morgan fingerprint density at radius 2 is 1.80 bits per heavy atom. The SMILES string of the molecule is N#CCCN1C(=O)CC[C@H]1C(=O)N1CC[C@@]2(S(=O)(=O)c3ccc(F)cc3)c3ccc(OCc4c(Cl)cccc4Cl)cc3CC[C@@H]12. The van der Waals surface area contributed by atoms with Crippen LogP contribution in [0.5, 0.6) is 5.75 Å². The van der Waals surface area contributed by atoms with Crippen molar-refractivity contribution in [1.29, 1.82) is 5.26 Å². The Balaban J connectivity index is 1.38. The summed E-state index contributed by atoms with van der Waals surface area (Å²) in [7, 11) is -4.16. The van der Waals surface area contributed by atoms with Crippen LogP contribution < -0.4 is 4.74 Å². The van der Waals surface area contributed by atoms with Gasteiger partial charge >= 0.3 is 0 Å². The van der Waals surface area contributed by atoms with Gasteiger partial charge in [0.25, 0.3) is 0 Å². The number of carbonyl (C=O) groups is 2. The Kier molecular flexibility index (Phi) is 8.55. The van der Waals surface area contributed by atoms with Crippen LogP contribution in [-0.2, 0) is 37.2 Å². The van der Waals surface area contributed by atoms with Crippen molar-refractivity contribution in [3.63, 3.8) is 0 Å². The van der Waals surface area contributed by atoms with Crippen LogP contribution >= 0.6 is 23.2 Å². The molecule has 2 saturated heterocycles. The summed E-state index contributed by atoms with van der Waals surface area (Å²) >= 11 is 12.6. The fraction of sp³-hybridized carbons (Fsp3) is 0.364. The molecule has 234 valence electrons. The molecule has 3 atom stereocenters. The summed E-state index contributed by atoms with van der Waals surface area (Å²) in [6.45, 7) is 0.432. The van der Waals surface area contributed by atoms with E-state index in [1.54, 1.807) is 35.2 Å². The van der Waals surface area contributed by atoms with E-state index in [0.717, 1.165) is 17.7 Å². The maximum absolute atomic E-state index is 14.7. The third-order valence-corrected chi connectivity index (χ3v) is 12.5. The lowest BCUT2D eigenvalue weighted by Gasteiger charge is -2.43. The standard InChI is InChI=1S/C33H30Cl2FN3O5S/c34-27-3-1-4-28(35)25(27)20-44-23-8-11-26-21(19-23)5-13-30-33(26,45(42,43)24-9-6-22(36)7-10-24)15-18-39(30)32(41)29-12-14-31(40)38(29)17-2-16-37/h1,3-4,6-11,19,29-30H,2,5,12-15,17-18,20H2/t29-,30+,33+/m0/s1. The molecule has 6 rings (SSSR count). The Morgan fingerprint density at radius 3 is 2.51 bits per heavy atom. The number of benzene rings is 3. The molecule has 0 spiro atoms. The van der Waals surface area contributed by atoms with E-state index in [4.69, 9.17) is 33.2 Å². The zero-order valence-electron chi connectivity index (χ0n) is 24.2. The highest BCUT2D eigenvalue weighted by molar-refractivity contribution is 7.92. The van der Waals surface area contributed by atoms with Crippen LogP contribution in [0.1, 0.15) is 48.8 Å². The summed E-state index contributed by atoms with van der Waals surface area (Å²) in [6.07, 6.45) is 1.59. The molecular formula is C33H30Cl2FN3O5S. The number of carbonyl (C=O) groups excluding carboxylic acids is 2. The molecule has 8 nitrogen and oxygen atoms in total. The fourth-order valence-corrected chi connectivity index (χ4v) is 10.0. The van der Waals surface area contributed by atoms with E-state index in [0.29, 0.717) is 46.2 Å². The third kappa shape index (κ3) is 5.35. The van der Waals surface area contributed by atoms with Crippen LogP contribution in [0.3, 0.4) is 0 Å². The first kappa shape index (κ1) is 31.3. The molecule has 2 amide bonds. The van der Waals surface area contributed by atoms with Crippen molar-refractivity contribution in [3.8, 4) is 11.8 Å². The number of hydrogen-bond donors (Lipinski definition) is 0. The quantitative estimate of drug-likeness (QED) is 0.279. The van der Waals surface area contributed by atoms with E-state index in [-0.39, 0.29) is 55.7 Å². The summed E-state index contributed by atoms with van der Waals surface area (Å²) in [5.41, 5.74) is 1.99. The molecule has 0 saturated carbocycles. The number of fused-ring (bicyclic) bond motifs is 3. The lowest BCUT2D eigenvalue weighted by Crippen LogP contribution is -2.55. The molecule has 2 fully saturated rings. The normalized spacial score (nSPS) is 22.6. The van der Waals surface area contributed by atoms with E-state index in [1.807, 2.05) is 12.1 Å². The van der Waals surface area contributed by atoms with Crippen molar-refractivity contribution < 1.29 is 27.1 Å². The van der Waals surface area contributed by atoms with E-state index >= 15 is 0 Å². The number of halogens is 3. The molecule has 1 aliphatic carbocycles. The molecule has 0 bridgehead atoms. The van der Waals surface area contributed by atoms with Gasteiger partial charge in [-0.25, -0.2) is 12.8 Å². The van der Waals surface area contributed by atoms with Crippen LogP contribution in [0.2, 0.25) is 10.0 Å². The Morgan fingerprint density at radius 1 is 1.07 bits per heavy atom. The number of sulfone groups is 1. The van der Waals surface area contributed by atoms with E-state index in [9.17, 15) is 22.4 Å². The highest BCUT2D eigenvalue weighted by Gasteiger charge is 2.61. The van der Waals surface area contributed by atoms with Gasteiger partial charge in [-0.15, -0.1) is 0 Å². The van der Waals surface area contributed by atoms with Gasteiger partial charge in [-0.05, 0) is 85.3 Å². The maximum Gasteiger partial charge on any atom is 0.245 e. The van der Waals surface area contributed by atoms with Gasteiger partial charge < -0.3 is 14.5 Å². The van der Waals surface area contributed by atoms with Gasteiger partial charge in [-0.1, -0.05) is 35.3 Å². The molecule has 12 heteroatoms. The molecule has 0 N–H and O–H groups in total. The first-order chi connectivity index (χ1) is 21.6. The minimum absolute atomic E-state index is 0.0311. The molecule has 2 heterocycles. The lowest BCUT2D eigenvalue weighted by atomic mass is 9.78. The maximum atomic E-state index is 14.7. The third-order valence-electron chi connectivity index (χ3n) is 9.27. The van der Waals surface area contributed by atoms with E-state index in [1.165, 1.54) is 17.0 Å². The predicted octanol–water partition coefficient (Wildman–Crippen LogP) is 5.83. The van der Waals surface area contributed by atoms with Crippen LogP contribution in [0, 0.1) is 17.1 Å². The van der Waals surface area contributed by atoms with Crippen molar-refractivity contribution in [2.45, 2.75) is 66.9 Å². The Bertz CT molecular complexity index is 1790. The van der Waals surface area contributed by atoms with Crippen molar-refractivity contribution >= 4 is 44.9 Å². The highest BCUT2D eigenvalue weighted by Crippen LogP contribution is 2.53. The molecular weight excluding hydrogens is 640 g/mol. The topological polar surface area (TPSA) is 108 Å². The number of amides is 2. The van der Waals surface area contributed by atoms with Gasteiger partial charge in [0.2, 0.25) is 11.8 Å². The van der Waals surface area contributed by atoms with Crippen molar-refractivity contribution in [1.82, 2.24) is 9.80 Å². The zero-order chi connectivity index (χ0) is 31.9. The monoisotopic (exact) mass is 669 g/mol. The van der Waals surface area contributed by atoms with Crippen molar-refractivity contribution in [2.24, 2.45) is 0 Å². The molecule has 0 aromatic heterocycles. The molecule has 3 aromatic rings. The summed E-state index contributed by atoms with van der Waals surface area (Å²) in [5.74, 6) is -0.535. The van der Waals surface area contributed by atoms with Crippen molar-refractivity contribution in [3.05, 3.63) is 93.2 Å². The number of nitrogens with zero attached hydrogens (tertiary/aromatic N) is 3. The molecule has 0 unspecified atom stereocenters. The number of hydrogen-bond acceptors (Lipinski definition) is 6. The summed E-state index contributed by atoms with van der Waals surface area (Å²) in [4.78, 5) is 29.7. The number of ether oxygens (including phenoxy) is 1. The highest BCUT2D eigenvalue weighted by atomic mass is 35.5. The number of rotatable bonds is 8. The largest absolute Gasteiger partial charge is 0.489 e. The molecule has 2 aliphatic heterocycles. The van der Waals surface area contributed by atoms with Gasteiger partial charge in [0.15, 0.2) is 9.84 Å². The first-order valence-electron chi connectivity index (χ1n) is 14.7. The second-order valence-corrected chi connectivity index (χ2v) is 14.6. The van der Waals surface area contributed by atoms with Gasteiger partial charge in [0.1, 0.15) is 29.0 Å². The van der Waals surface area contributed by atoms with Gasteiger partial charge in [0, 0.05) is 35.1 Å². The number of aryl methyl sites for hydroxylation is 1. The molecule has 3 aromatic carbocycles. The fourth-order valence-electron chi connectivity index (χ4n) is 7.14. The molecule has 3 aliphatic rings. The van der Waals surface area contributed by atoms with Crippen LogP contribution in [0.15, 0.2) is 65.6 Å². The summed E-state index contributed by atoms with van der Waals surface area (Å²) in [5, 5.41) is 10.0. The van der Waals surface area contributed by atoms with Crippen LogP contribution in [-0.4, -0.2) is 55.2 Å². The second-order valence-electron chi connectivity index (χ2n) is 11.5. The van der Waals surface area contributed by atoms with Crippen LogP contribution in [0.25, 0.3) is 0 Å². The molecule has 45 heavy (non-hydrogen) atoms. The minimum atomic E-state index is -4.16. The minimum Gasteiger partial charge on any atom is -0.489 e. The summed E-state index contributed by atoms with van der Waals surface area (Å²) in [6, 6.07) is 15.8.